The van der Waals surface area contributed by atoms with E-state index in [0.29, 0.717) is 44.2 Å². The Balaban J connectivity index is 1.50. The van der Waals surface area contributed by atoms with Gasteiger partial charge in [0.2, 0.25) is 15.9 Å². The molecule has 3 rings (SSSR count). The third-order valence-corrected chi connectivity index (χ3v) is 7.56. The average molecular weight is 445 g/mol. The molecular weight excluding hydrogens is 412 g/mol. The van der Waals surface area contributed by atoms with Crippen LogP contribution in [0.2, 0.25) is 0 Å². The first-order valence-electron chi connectivity index (χ1n) is 10.5. The molecule has 1 aliphatic rings. The molecule has 8 heteroatoms. The molecule has 0 aliphatic carbocycles. The van der Waals surface area contributed by atoms with Crippen molar-refractivity contribution < 1.29 is 13.2 Å². The number of amides is 1. The van der Waals surface area contributed by atoms with Crippen molar-refractivity contribution in [2.75, 3.05) is 58.8 Å². The van der Waals surface area contributed by atoms with Crippen LogP contribution in [-0.4, -0.2) is 82.3 Å². The van der Waals surface area contributed by atoms with Gasteiger partial charge in [-0.3, -0.25) is 9.69 Å². The van der Waals surface area contributed by atoms with Gasteiger partial charge in [0.05, 0.1) is 11.4 Å². The zero-order valence-corrected chi connectivity index (χ0v) is 19.6. The Morgan fingerprint density at radius 1 is 0.903 bits per heavy atom. The van der Waals surface area contributed by atoms with Crippen molar-refractivity contribution in [2.24, 2.45) is 0 Å². The summed E-state index contributed by atoms with van der Waals surface area (Å²) in [5.74, 6) is 0.0338. The number of hydrogen-bond donors (Lipinski definition) is 0. The second-order valence-corrected chi connectivity index (χ2v) is 10.2. The summed E-state index contributed by atoms with van der Waals surface area (Å²) in [6.45, 7) is 4.64. The Bertz CT molecular complexity index is 980. The normalized spacial score (nSPS) is 15.6. The third kappa shape index (κ3) is 5.84. The zero-order chi connectivity index (χ0) is 22.6. The molecule has 0 atom stereocenters. The van der Waals surface area contributed by atoms with Gasteiger partial charge in [0.1, 0.15) is 0 Å². The number of carbonyl (C=O) groups excluding carboxylic acids is 1. The van der Waals surface area contributed by atoms with Crippen LogP contribution in [-0.2, 0) is 21.4 Å². The topological polar surface area (TPSA) is 64.2 Å². The minimum atomic E-state index is -3.49. The predicted molar refractivity (Wildman–Crippen MR) is 124 cm³/mol. The summed E-state index contributed by atoms with van der Waals surface area (Å²) in [7, 11) is 2.31. The molecule has 2 aromatic carbocycles. The second-order valence-electron chi connectivity index (χ2n) is 8.30. The monoisotopic (exact) mass is 444 g/mol. The molecule has 1 saturated heterocycles. The fourth-order valence-electron chi connectivity index (χ4n) is 3.56. The summed E-state index contributed by atoms with van der Waals surface area (Å²) in [4.78, 5) is 18.8. The van der Waals surface area contributed by atoms with Crippen molar-refractivity contribution in [3.8, 4) is 0 Å². The maximum Gasteiger partial charge on any atom is 0.243 e. The van der Waals surface area contributed by atoms with Crippen molar-refractivity contribution in [3.63, 3.8) is 0 Å². The Morgan fingerprint density at radius 3 is 2.03 bits per heavy atom. The number of aryl methyl sites for hydroxylation is 1. The molecule has 0 radical (unpaired) electrons. The molecule has 1 heterocycles. The lowest BCUT2D eigenvalue weighted by Gasteiger charge is -2.34. The molecular formula is C23H32N4O3S. The summed E-state index contributed by atoms with van der Waals surface area (Å²) >= 11 is 0. The smallest absolute Gasteiger partial charge is 0.243 e. The SMILES string of the molecule is Cc1ccc(S(=O)(=O)N2CCN(CC(=O)N(C)Cc3ccc(N(C)C)cc3)CC2)cc1. The molecule has 0 unspecified atom stereocenters. The number of anilines is 1. The number of carbonyl (C=O) groups is 1. The molecule has 7 nitrogen and oxygen atoms in total. The lowest BCUT2D eigenvalue weighted by atomic mass is 10.2. The van der Waals surface area contributed by atoms with Gasteiger partial charge in [-0.15, -0.1) is 0 Å². The summed E-state index contributed by atoms with van der Waals surface area (Å²) < 4.78 is 27.2. The highest BCUT2D eigenvalue weighted by atomic mass is 32.2. The number of piperazine rings is 1. The van der Waals surface area contributed by atoms with Gasteiger partial charge in [0.15, 0.2) is 0 Å². The largest absolute Gasteiger partial charge is 0.378 e. The van der Waals surface area contributed by atoms with E-state index in [0.717, 1.165) is 16.8 Å². The minimum Gasteiger partial charge on any atom is -0.378 e. The summed E-state index contributed by atoms with van der Waals surface area (Å²) in [5, 5.41) is 0. The van der Waals surface area contributed by atoms with Gasteiger partial charge in [0, 0.05) is 59.6 Å². The molecule has 0 aromatic heterocycles. The number of likely N-dealkylation sites (N-methyl/N-ethyl adjacent to an activating group) is 1. The molecule has 1 fully saturated rings. The van der Waals surface area contributed by atoms with Crippen LogP contribution in [0.1, 0.15) is 11.1 Å². The van der Waals surface area contributed by atoms with Crippen LogP contribution in [0, 0.1) is 6.92 Å². The Labute approximate surface area is 185 Å². The van der Waals surface area contributed by atoms with E-state index in [-0.39, 0.29) is 5.91 Å². The standard InChI is InChI=1S/C23H32N4O3S/c1-19-5-11-22(12-6-19)31(29,30)27-15-13-26(14-16-27)18-23(28)25(4)17-20-7-9-21(10-8-20)24(2)3/h5-12H,13-18H2,1-4H3. The summed E-state index contributed by atoms with van der Waals surface area (Å²) in [6, 6.07) is 15.1. The van der Waals surface area contributed by atoms with Gasteiger partial charge in [-0.1, -0.05) is 29.8 Å². The first-order valence-corrected chi connectivity index (χ1v) is 11.9. The lowest BCUT2D eigenvalue weighted by molar-refractivity contribution is -0.131. The second kappa shape index (κ2) is 9.80. The van der Waals surface area contributed by atoms with Gasteiger partial charge in [-0.25, -0.2) is 8.42 Å². The van der Waals surface area contributed by atoms with Crippen molar-refractivity contribution in [2.45, 2.75) is 18.4 Å². The molecule has 0 saturated carbocycles. The van der Waals surface area contributed by atoms with Crippen LogP contribution in [0.15, 0.2) is 53.4 Å². The number of hydrogen-bond acceptors (Lipinski definition) is 5. The predicted octanol–water partition coefficient (Wildman–Crippen LogP) is 2.03. The van der Waals surface area contributed by atoms with Gasteiger partial charge < -0.3 is 9.80 Å². The molecule has 1 amide bonds. The summed E-state index contributed by atoms with van der Waals surface area (Å²) in [6.07, 6.45) is 0. The molecule has 2 aromatic rings. The quantitative estimate of drug-likeness (QED) is 0.654. The van der Waals surface area contributed by atoms with Crippen LogP contribution >= 0.6 is 0 Å². The van der Waals surface area contributed by atoms with E-state index in [1.165, 1.54) is 4.31 Å². The fraction of sp³-hybridized carbons (Fsp3) is 0.435. The highest BCUT2D eigenvalue weighted by Crippen LogP contribution is 2.18. The molecule has 0 spiro atoms. The van der Waals surface area contributed by atoms with Crippen molar-refractivity contribution in [1.82, 2.24) is 14.1 Å². The number of nitrogens with zero attached hydrogens (tertiary/aromatic N) is 4. The Hall–Kier alpha value is -2.42. The van der Waals surface area contributed by atoms with Crippen molar-refractivity contribution in [1.29, 1.82) is 0 Å². The maximum atomic E-state index is 12.8. The van der Waals surface area contributed by atoms with E-state index >= 15 is 0 Å². The molecule has 1 aliphatic heterocycles. The van der Waals surface area contributed by atoms with E-state index < -0.39 is 10.0 Å². The Morgan fingerprint density at radius 2 is 1.48 bits per heavy atom. The molecule has 31 heavy (non-hydrogen) atoms. The number of benzene rings is 2. The van der Waals surface area contributed by atoms with Gasteiger partial charge >= 0.3 is 0 Å². The van der Waals surface area contributed by atoms with Crippen molar-refractivity contribution in [3.05, 3.63) is 59.7 Å². The van der Waals surface area contributed by atoms with Crippen molar-refractivity contribution >= 4 is 21.6 Å². The van der Waals surface area contributed by atoms with E-state index in [1.54, 1.807) is 24.1 Å². The van der Waals surface area contributed by atoms with E-state index in [1.807, 2.05) is 67.2 Å². The van der Waals surface area contributed by atoms with Crippen LogP contribution in [0.4, 0.5) is 5.69 Å². The van der Waals surface area contributed by atoms with Gasteiger partial charge in [0.25, 0.3) is 0 Å². The van der Waals surface area contributed by atoms with Crippen LogP contribution in [0.25, 0.3) is 0 Å². The first-order chi connectivity index (χ1) is 14.7. The van der Waals surface area contributed by atoms with E-state index in [4.69, 9.17) is 0 Å². The fourth-order valence-corrected chi connectivity index (χ4v) is 4.98. The minimum absolute atomic E-state index is 0.0338. The number of sulfonamides is 1. The zero-order valence-electron chi connectivity index (χ0n) is 18.8. The Kier molecular flexibility index (Phi) is 7.35. The molecule has 0 N–H and O–H groups in total. The van der Waals surface area contributed by atoms with E-state index in [2.05, 4.69) is 0 Å². The lowest BCUT2D eigenvalue weighted by Crippen LogP contribution is -2.51. The van der Waals surface area contributed by atoms with Crippen LogP contribution in [0.3, 0.4) is 0 Å². The molecule has 0 bridgehead atoms. The van der Waals surface area contributed by atoms with Gasteiger partial charge in [-0.05, 0) is 36.8 Å². The molecule has 168 valence electrons. The average Bonchev–Trinajstić information content (AvgIpc) is 2.74. The van der Waals surface area contributed by atoms with Gasteiger partial charge in [-0.2, -0.15) is 4.31 Å². The highest BCUT2D eigenvalue weighted by molar-refractivity contribution is 7.89. The highest BCUT2D eigenvalue weighted by Gasteiger charge is 2.29. The van der Waals surface area contributed by atoms with Crippen LogP contribution < -0.4 is 4.90 Å². The van der Waals surface area contributed by atoms with E-state index in [9.17, 15) is 13.2 Å². The number of rotatable bonds is 7. The maximum absolute atomic E-state index is 12.8. The third-order valence-electron chi connectivity index (χ3n) is 5.65. The first kappa shape index (κ1) is 23.2. The summed E-state index contributed by atoms with van der Waals surface area (Å²) in [5.41, 5.74) is 3.23. The van der Waals surface area contributed by atoms with Crippen LogP contribution in [0.5, 0.6) is 0 Å².